The maximum absolute atomic E-state index is 11.8. The van der Waals surface area contributed by atoms with Crippen molar-refractivity contribution in [3.63, 3.8) is 0 Å². The number of carbonyl (C=O) groups is 2. The van der Waals surface area contributed by atoms with Crippen molar-refractivity contribution >= 4 is 12.0 Å². The Morgan fingerprint density at radius 1 is 1.35 bits per heavy atom. The molecule has 96 valence electrons. The zero-order valence-corrected chi connectivity index (χ0v) is 11.4. The van der Waals surface area contributed by atoms with Gasteiger partial charge in [-0.05, 0) is 34.6 Å². The maximum Gasteiger partial charge on any atom is 0.417 e. The first-order valence-corrected chi connectivity index (χ1v) is 5.84. The molecule has 1 heterocycles. The molecule has 2 amide bonds. The standard InChI is InChI=1S/C13H21NO3/c1-8(2)7-10-9(3)11(15)14(10)12(16)17-13(4,5)6/h7,9-10H,1-6H3/t9-,10+/m1/s1. The summed E-state index contributed by atoms with van der Waals surface area (Å²) in [6, 6.07) is -0.164. The molecule has 0 aromatic rings. The van der Waals surface area contributed by atoms with Crippen molar-refractivity contribution < 1.29 is 14.3 Å². The van der Waals surface area contributed by atoms with E-state index in [1.165, 1.54) is 4.90 Å². The molecule has 4 nitrogen and oxygen atoms in total. The fourth-order valence-electron chi connectivity index (χ4n) is 1.74. The summed E-state index contributed by atoms with van der Waals surface area (Å²) >= 11 is 0. The second kappa shape index (κ2) is 4.51. The monoisotopic (exact) mass is 239 g/mol. The van der Waals surface area contributed by atoms with E-state index in [-0.39, 0.29) is 17.9 Å². The van der Waals surface area contributed by atoms with Crippen molar-refractivity contribution in [2.45, 2.75) is 53.2 Å². The Balaban J connectivity index is 2.79. The summed E-state index contributed by atoms with van der Waals surface area (Å²) in [5, 5.41) is 0. The van der Waals surface area contributed by atoms with Gasteiger partial charge in [-0.2, -0.15) is 0 Å². The van der Waals surface area contributed by atoms with E-state index in [0.29, 0.717) is 0 Å². The quantitative estimate of drug-likeness (QED) is 0.522. The lowest BCUT2D eigenvalue weighted by molar-refractivity contribution is -0.149. The maximum atomic E-state index is 11.8. The lowest BCUT2D eigenvalue weighted by atomic mass is 9.88. The van der Waals surface area contributed by atoms with Crippen molar-refractivity contribution in [1.29, 1.82) is 0 Å². The van der Waals surface area contributed by atoms with Gasteiger partial charge < -0.3 is 4.74 Å². The van der Waals surface area contributed by atoms with Crippen LogP contribution in [0.15, 0.2) is 11.6 Å². The van der Waals surface area contributed by atoms with Crippen LogP contribution in [-0.4, -0.2) is 28.5 Å². The molecule has 1 aliphatic rings. The molecule has 17 heavy (non-hydrogen) atoms. The highest BCUT2D eigenvalue weighted by atomic mass is 16.6. The zero-order valence-electron chi connectivity index (χ0n) is 11.4. The fraction of sp³-hybridized carbons (Fsp3) is 0.692. The molecule has 0 spiro atoms. The van der Waals surface area contributed by atoms with Crippen LogP contribution in [0.4, 0.5) is 4.79 Å². The van der Waals surface area contributed by atoms with Gasteiger partial charge in [0, 0.05) is 0 Å². The van der Waals surface area contributed by atoms with Crippen molar-refractivity contribution in [1.82, 2.24) is 4.90 Å². The first kappa shape index (κ1) is 13.7. The second-order valence-electron chi connectivity index (χ2n) is 5.71. The number of hydrogen-bond acceptors (Lipinski definition) is 3. The Bertz CT molecular complexity index is 361. The summed E-state index contributed by atoms with van der Waals surface area (Å²) in [4.78, 5) is 24.7. The molecule has 0 aromatic carbocycles. The van der Waals surface area contributed by atoms with E-state index < -0.39 is 11.7 Å². The first-order chi connectivity index (χ1) is 7.63. The molecular formula is C13H21NO3. The van der Waals surface area contributed by atoms with Crippen LogP contribution in [0.2, 0.25) is 0 Å². The van der Waals surface area contributed by atoms with Crippen LogP contribution >= 0.6 is 0 Å². The molecule has 2 atom stereocenters. The molecule has 1 fully saturated rings. The van der Waals surface area contributed by atoms with Crippen LogP contribution in [0.5, 0.6) is 0 Å². The predicted molar refractivity (Wildman–Crippen MR) is 65.5 cm³/mol. The highest BCUT2D eigenvalue weighted by Gasteiger charge is 2.48. The Kier molecular flexibility index (Phi) is 3.65. The van der Waals surface area contributed by atoms with E-state index in [1.807, 2.05) is 26.8 Å². The molecule has 1 saturated heterocycles. The summed E-state index contributed by atoms with van der Waals surface area (Å²) in [7, 11) is 0. The number of likely N-dealkylation sites (tertiary alicyclic amines) is 1. The predicted octanol–water partition coefficient (Wildman–Crippen LogP) is 2.73. The summed E-state index contributed by atoms with van der Waals surface area (Å²) in [5.74, 6) is -0.306. The molecule has 0 bridgehead atoms. The average molecular weight is 239 g/mol. The van der Waals surface area contributed by atoms with Gasteiger partial charge in [0.1, 0.15) is 5.60 Å². The number of hydrogen-bond donors (Lipinski definition) is 0. The minimum absolute atomic E-state index is 0.141. The third kappa shape index (κ3) is 3.08. The van der Waals surface area contributed by atoms with Gasteiger partial charge in [0.15, 0.2) is 0 Å². The van der Waals surface area contributed by atoms with Gasteiger partial charge in [-0.3, -0.25) is 4.79 Å². The zero-order chi connectivity index (χ0) is 13.4. The minimum atomic E-state index is -0.578. The average Bonchev–Trinajstić information content (AvgIpc) is 2.12. The summed E-state index contributed by atoms with van der Waals surface area (Å²) in [6.45, 7) is 11.1. The van der Waals surface area contributed by atoms with Gasteiger partial charge in [0.05, 0.1) is 12.0 Å². The van der Waals surface area contributed by atoms with Gasteiger partial charge in [0.25, 0.3) is 0 Å². The largest absolute Gasteiger partial charge is 0.443 e. The Morgan fingerprint density at radius 2 is 1.88 bits per heavy atom. The highest BCUT2D eigenvalue weighted by molar-refractivity contribution is 5.99. The van der Waals surface area contributed by atoms with Crippen molar-refractivity contribution in [3.8, 4) is 0 Å². The van der Waals surface area contributed by atoms with E-state index >= 15 is 0 Å². The van der Waals surface area contributed by atoms with Crippen molar-refractivity contribution in [2.75, 3.05) is 0 Å². The fourth-order valence-corrected chi connectivity index (χ4v) is 1.74. The Labute approximate surface area is 103 Å². The van der Waals surface area contributed by atoms with Gasteiger partial charge in [-0.1, -0.05) is 18.6 Å². The van der Waals surface area contributed by atoms with E-state index in [4.69, 9.17) is 4.74 Å². The highest BCUT2D eigenvalue weighted by Crippen LogP contribution is 2.30. The minimum Gasteiger partial charge on any atom is -0.443 e. The van der Waals surface area contributed by atoms with E-state index in [0.717, 1.165) is 5.57 Å². The van der Waals surface area contributed by atoms with Crippen LogP contribution < -0.4 is 0 Å². The Hall–Kier alpha value is -1.32. The second-order valence-corrected chi connectivity index (χ2v) is 5.71. The van der Waals surface area contributed by atoms with E-state index in [1.54, 1.807) is 20.8 Å². The first-order valence-electron chi connectivity index (χ1n) is 5.84. The number of β-lactam (4-membered cyclic amide) rings is 1. The summed E-state index contributed by atoms with van der Waals surface area (Å²) in [5.41, 5.74) is 0.508. The lowest BCUT2D eigenvalue weighted by Gasteiger charge is -2.42. The third-order valence-corrected chi connectivity index (χ3v) is 2.53. The molecule has 0 aliphatic carbocycles. The molecule has 0 saturated carbocycles. The van der Waals surface area contributed by atoms with Crippen LogP contribution in [0.25, 0.3) is 0 Å². The summed E-state index contributed by atoms with van der Waals surface area (Å²) in [6.07, 6.45) is 1.37. The molecule has 0 radical (unpaired) electrons. The number of allylic oxidation sites excluding steroid dienone is 1. The van der Waals surface area contributed by atoms with Crippen LogP contribution in [0.3, 0.4) is 0 Å². The van der Waals surface area contributed by atoms with Gasteiger partial charge in [0.2, 0.25) is 5.91 Å². The van der Waals surface area contributed by atoms with Crippen LogP contribution in [0.1, 0.15) is 41.5 Å². The number of nitrogens with zero attached hydrogens (tertiary/aromatic N) is 1. The van der Waals surface area contributed by atoms with Crippen molar-refractivity contribution in [2.24, 2.45) is 5.92 Å². The molecule has 4 heteroatoms. The summed E-state index contributed by atoms with van der Waals surface area (Å²) < 4.78 is 5.21. The van der Waals surface area contributed by atoms with Gasteiger partial charge in [-0.25, -0.2) is 9.69 Å². The van der Waals surface area contributed by atoms with Crippen LogP contribution in [-0.2, 0) is 9.53 Å². The smallest absolute Gasteiger partial charge is 0.417 e. The van der Waals surface area contributed by atoms with E-state index in [9.17, 15) is 9.59 Å². The number of amides is 2. The molecule has 0 unspecified atom stereocenters. The van der Waals surface area contributed by atoms with Gasteiger partial charge in [-0.15, -0.1) is 0 Å². The van der Waals surface area contributed by atoms with Crippen molar-refractivity contribution in [3.05, 3.63) is 11.6 Å². The SMILES string of the molecule is CC(C)=C[C@H]1[C@@H](C)C(=O)N1C(=O)OC(C)(C)C. The third-order valence-electron chi connectivity index (χ3n) is 2.53. The topological polar surface area (TPSA) is 46.6 Å². The number of rotatable bonds is 1. The van der Waals surface area contributed by atoms with Crippen LogP contribution in [0, 0.1) is 5.92 Å². The molecular weight excluding hydrogens is 218 g/mol. The van der Waals surface area contributed by atoms with E-state index in [2.05, 4.69) is 0 Å². The number of ether oxygens (including phenoxy) is 1. The normalized spacial score (nSPS) is 24.1. The number of imide groups is 1. The molecule has 0 aromatic heterocycles. The number of carbonyl (C=O) groups excluding carboxylic acids is 2. The molecule has 1 rings (SSSR count). The molecule has 1 aliphatic heterocycles. The van der Waals surface area contributed by atoms with Gasteiger partial charge >= 0.3 is 6.09 Å². The Morgan fingerprint density at radius 3 is 2.29 bits per heavy atom. The lowest BCUT2D eigenvalue weighted by Crippen LogP contribution is -2.62. The molecule has 0 N–H and O–H groups in total.